The topological polar surface area (TPSA) is 99.2 Å². The fourth-order valence-electron chi connectivity index (χ4n) is 1.33. The lowest BCUT2D eigenvalue weighted by molar-refractivity contribution is -0.120. The van der Waals surface area contributed by atoms with Crippen molar-refractivity contribution in [2.75, 3.05) is 19.9 Å². The second kappa shape index (κ2) is 5.88. The minimum atomic E-state index is -0.562. The summed E-state index contributed by atoms with van der Waals surface area (Å²) in [5, 5.41) is 6.52. The Balaban J connectivity index is 2.56. The maximum absolute atomic E-state index is 11.2. The molecule has 0 aliphatic rings. The van der Waals surface area contributed by atoms with E-state index in [2.05, 4.69) is 15.2 Å². The first kappa shape index (κ1) is 13.0. The predicted molar refractivity (Wildman–Crippen MR) is 61.3 cm³/mol. The van der Waals surface area contributed by atoms with Crippen molar-refractivity contribution >= 4 is 17.6 Å². The van der Waals surface area contributed by atoms with E-state index in [1.165, 1.54) is 11.8 Å². The van der Waals surface area contributed by atoms with Crippen LogP contribution in [0.4, 0.5) is 5.69 Å². The molecule has 0 radical (unpaired) electrons. The zero-order valence-corrected chi connectivity index (χ0v) is 9.90. The molecule has 0 aliphatic carbocycles. The van der Waals surface area contributed by atoms with Gasteiger partial charge in [0.25, 0.3) is 0 Å². The average molecular weight is 240 g/mol. The summed E-state index contributed by atoms with van der Waals surface area (Å²) in [5.74, 6) is -0.592. The van der Waals surface area contributed by atoms with Gasteiger partial charge in [0.05, 0.1) is 12.8 Å². The Hall–Kier alpha value is -2.05. The van der Waals surface area contributed by atoms with Crippen LogP contribution in [0.15, 0.2) is 6.20 Å². The molecule has 0 bridgehead atoms. The average Bonchev–Trinajstić information content (AvgIpc) is 2.69. The van der Waals surface area contributed by atoms with Gasteiger partial charge in [-0.05, 0) is 6.42 Å². The van der Waals surface area contributed by atoms with E-state index in [1.807, 2.05) is 0 Å². The highest BCUT2D eigenvalue weighted by atomic mass is 16.5. The lowest BCUT2D eigenvalue weighted by Gasteiger charge is -2.00. The number of aromatic nitrogens is 2. The molecule has 94 valence electrons. The minimum Gasteiger partial charge on any atom is -0.464 e. The Bertz CT molecular complexity index is 414. The van der Waals surface area contributed by atoms with E-state index in [0.29, 0.717) is 19.4 Å². The quantitative estimate of drug-likeness (QED) is 0.693. The Morgan fingerprint density at radius 2 is 2.29 bits per heavy atom. The Morgan fingerprint density at radius 3 is 2.88 bits per heavy atom. The number of carbonyl (C=O) groups excluding carboxylic acids is 2. The number of amides is 1. The number of esters is 1. The van der Waals surface area contributed by atoms with Crippen molar-refractivity contribution < 1.29 is 14.3 Å². The van der Waals surface area contributed by atoms with Crippen LogP contribution >= 0.6 is 0 Å². The molecule has 0 atom stereocenters. The summed E-state index contributed by atoms with van der Waals surface area (Å²) >= 11 is 0. The van der Waals surface area contributed by atoms with Crippen molar-refractivity contribution in [1.82, 2.24) is 15.1 Å². The molecule has 0 aliphatic heterocycles. The Labute approximate surface area is 98.9 Å². The van der Waals surface area contributed by atoms with Gasteiger partial charge in [0.2, 0.25) is 5.91 Å². The van der Waals surface area contributed by atoms with Gasteiger partial charge in [0, 0.05) is 26.2 Å². The molecule has 0 unspecified atom stereocenters. The molecule has 17 heavy (non-hydrogen) atoms. The van der Waals surface area contributed by atoms with Gasteiger partial charge in [-0.3, -0.25) is 9.48 Å². The van der Waals surface area contributed by atoms with Gasteiger partial charge in [-0.1, -0.05) is 0 Å². The number of methoxy groups -OCH3 is 1. The minimum absolute atomic E-state index is 0.0293. The van der Waals surface area contributed by atoms with Gasteiger partial charge in [-0.15, -0.1) is 0 Å². The summed E-state index contributed by atoms with van der Waals surface area (Å²) in [6, 6.07) is 0. The fourth-order valence-corrected chi connectivity index (χ4v) is 1.33. The number of hydrogen-bond donors (Lipinski definition) is 2. The molecule has 1 amide bonds. The van der Waals surface area contributed by atoms with Crippen molar-refractivity contribution in [2.24, 2.45) is 0 Å². The smallest absolute Gasteiger partial charge is 0.360 e. The van der Waals surface area contributed by atoms with E-state index in [9.17, 15) is 9.59 Å². The fraction of sp³-hybridized carbons (Fsp3) is 0.500. The summed E-state index contributed by atoms with van der Waals surface area (Å²) in [5.41, 5.74) is 5.99. The number of anilines is 1. The van der Waals surface area contributed by atoms with Crippen LogP contribution in [0, 0.1) is 0 Å². The van der Waals surface area contributed by atoms with Crippen LogP contribution in [0.2, 0.25) is 0 Å². The van der Waals surface area contributed by atoms with Gasteiger partial charge in [0.1, 0.15) is 0 Å². The molecular weight excluding hydrogens is 224 g/mol. The third-order valence-electron chi connectivity index (χ3n) is 2.24. The number of aryl methyl sites for hydroxylation is 1. The van der Waals surface area contributed by atoms with Gasteiger partial charge >= 0.3 is 5.97 Å². The molecule has 0 spiro atoms. The zero-order valence-electron chi connectivity index (χ0n) is 9.90. The SMILES string of the molecule is CNC(=O)CCCn1cc(N)c(C(=O)OC)n1. The zero-order chi connectivity index (χ0) is 12.8. The molecule has 1 rings (SSSR count). The highest BCUT2D eigenvalue weighted by molar-refractivity contribution is 5.92. The molecule has 0 saturated heterocycles. The second-order valence-electron chi connectivity index (χ2n) is 3.46. The summed E-state index contributed by atoms with van der Waals surface area (Å²) in [4.78, 5) is 22.2. The molecule has 1 aromatic heterocycles. The molecule has 7 nitrogen and oxygen atoms in total. The molecule has 0 saturated carbocycles. The van der Waals surface area contributed by atoms with Crippen LogP contribution in [0.3, 0.4) is 0 Å². The maximum Gasteiger partial charge on any atom is 0.360 e. The summed E-state index contributed by atoms with van der Waals surface area (Å²) in [6.07, 6.45) is 2.58. The van der Waals surface area contributed by atoms with E-state index < -0.39 is 5.97 Å². The first-order chi connectivity index (χ1) is 8.08. The van der Waals surface area contributed by atoms with Crippen LogP contribution in [0.1, 0.15) is 23.3 Å². The van der Waals surface area contributed by atoms with Crippen molar-refractivity contribution in [2.45, 2.75) is 19.4 Å². The van der Waals surface area contributed by atoms with Crippen molar-refractivity contribution in [3.05, 3.63) is 11.9 Å². The number of nitrogen functional groups attached to an aromatic ring is 1. The van der Waals surface area contributed by atoms with Gasteiger partial charge in [-0.2, -0.15) is 5.10 Å². The largest absolute Gasteiger partial charge is 0.464 e. The molecule has 1 aromatic rings. The van der Waals surface area contributed by atoms with Crippen molar-refractivity contribution in [1.29, 1.82) is 0 Å². The van der Waals surface area contributed by atoms with Crippen LogP contribution in [-0.4, -0.2) is 35.8 Å². The molecular formula is C10H16N4O3. The van der Waals surface area contributed by atoms with Crippen LogP contribution in [0.5, 0.6) is 0 Å². The number of nitrogens with zero attached hydrogens (tertiary/aromatic N) is 2. The van der Waals surface area contributed by atoms with Crippen molar-refractivity contribution in [3.63, 3.8) is 0 Å². The summed E-state index contributed by atoms with van der Waals surface area (Å²) in [7, 11) is 2.86. The third-order valence-corrected chi connectivity index (χ3v) is 2.24. The van der Waals surface area contributed by atoms with Gasteiger partial charge in [-0.25, -0.2) is 4.79 Å². The monoisotopic (exact) mass is 240 g/mol. The molecule has 3 N–H and O–H groups in total. The molecule has 1 heterocycles. The van der Waals surface area contributed by atoms with E-state index in [1.54, 1.807) is 13.2 Å². The van der Waals surface area contributed by atoms with Crippen LogP contribution in [-0.2, 0) is 16.1 Å². The number of nitrogens with two attached hydrogens (primary N) is 1. The van der Waals surface area contributed by atoms with E-state index >= 15 is 0 Å². The van der Waals surface area contributed by atoms with E-state index in [-0.39, 0.29) is 17.3 Å². The Morgan fingerprint density at radius 1 is 1.59 bits per heavy atom. The van der Waals surface area contributed by atoms with E-state index in [4.69, 9.17) is 5.73 Å². The van der Waals surface area contributed by atoms with Crippen molar-refractivity contribution in [3.8, 4) is 0 Å². The number of ether oxygens (including phenoxy) is 1. The van der Waals surface area contributed by atoms with Gasteiger partial charge in [0.15, 0.2) is 5.69 Å². The Kier molecular flexibility index (Phi) is 4.50. The highest BCUT2D eigenvalue weighted by Crippen LogP contribution is 2.10. The third kappa shape index (κ3) is 3.47. The predicted octanol–water partition coefficient (Wildman–Crippen LogP) is -0.222. The number of nitrogens with one attached hydrogen (secondary N) is 1. The standard InChI is InChI=1S/C10H16N4O3/c1-12-8(15)4-3-5-14-6-7(11)9(13-14)10(16)17-2/h6H,3-5,11H2,1-2H3,(H,12,15). The summed E-state index contributed by atoms with van der Waals surface area (Å²) in [6.45, 7) is 0.522. The molecule has 0 aromatic carbocycles. The number of carbonyl (C=O) groups is 2. The van der Waals surface area contributed by atoms with Crippen LogP contribution in [0.25, 0.3) is 0 Å². The highest BCUT2D eigenvalue weighted by Gasteiger charge is 2.14. The normalized spacial score (nSPS) is 10.0. The summed E-state index contributed by atoms with van der Waals surface area (Å²) < 4.78 is 6.06. The lowest BCUT2D eigenvalue weighted by Crippen LogP contribution is -2.17. The first-order valence-electron chi connectivity index (χ1n) is 5.20. The molecule has 7 heteroatoms. The lowest BCUT2D eigenvalue weighted by atomic mass is 10.3. The molecule has 0 fully saturated rings. The van der Waals surface area contributed by atoms with E-state index in [0.717, 1.165) is 0 Å². The van der Waals surface area contributed by atoms with Gasteiger partial charge < -0.3 is 15.8 Å². The second-order valence-corrected chi connectivity index (χ2v) is 3.46. The van der Waals surface area contributed by atoms with Crippen LogP contribution < -0.4 is 11.1 Å². The number of hydrogen-bond acceptors (Lipinski definition) is 5. The maximum atomic E-state index is 11.2. The number of rotatable bonds is 5. The first-order valence-corrected chi connectivity index (χ1v) is 5.20.